The van der Waals surface area contributed by atoms with Crippen LogP contribution in [0.15, 0.2) is 61.2 Å². The first-order valence-corrected chi connectivity index (χ1v) is 17.8. The molecule has 2 aromatic heterocycles. The molecule has 1 fully saturated rings. The normalized spacial score (nSPS) is 14.7. The molecule has 1 atom stereocenters. The zero-order valence-electron chi connectivity index (χ0n) is 31.1. The van der Waals surface area contributed by atoms with Gasteiger partial charge in [-0.1, -0.05) is 50.6 Å². The highest BCUT2D eigenvalue weighted by molar-refractivity contribution is 6.56. The lowest BCUT2D eigenvalue weighted by atomic mass is 9.49. The standard InChI is InChI=1S/C34H40B3ClF5N9O3/c1-31(2,3)12-13-45-29(44)51(27(53)20-6-4-19(5-7-20)22-15-47-50(16-22)28(39)40)25(17-55-30(54)49-32(10-11-32)33(41,42)43)21-8-9-24(38)23(14-21)26-46-18-48-52(26)34(35,36)37/h4-9,14-16,18,25,28H,10-13,17,35-37H2,1-3H3,(H2,44,45)(H,49,54)/t25-/m1/s1. The van der Waals surface area contributed by atoms with E-state index in [1.807, 2.05) is 49.6 Å². The number of halogens is 6. The molecule has 3 N–H and O–H groups in total. The number of nitrogens with zero attached hydrogens (tertiary/aromatic N) is 6. The van der Waals surface area contributed by atoms with E-state index in [4.69, 9.17) is 21.7 Å². The SMILES string of the molecule is BC(B)(B)n1ncnc1-c1cc([C@@H](COC(=O)NC2(C(F)(F)F)CC2)N(C(=N)NCCC(C)(C)C)C(=O)c2ccc(-c3cnn(C(F)F)c3)cc2)ccc1Cl. The maximum atomic E-state index is 14.6. The van der Waals surface area contributed by atoms with Crippen LogP contribution in [0.3, 0.4) is 0 Å². The zero-order valence-corrected chi connectivity index (χ0v) is 31.9. The van der Waals surface area contributed by atoms with E-state index in [-0.39, 0.29) is 41.3 Å². The maximum absolute atomic E-state index is 14.6. The van der Waals surface area contributed by atoms with E-state index >= 15 is 0 Å². The number of carbonyl (C=O) groups excluding carboxylic acids is 2. The summed E-state index contributed by atoms with van der Waals surface area (Å²) in [5.41, 5.74) is -0.945. The molecule has 2 amide bonds. The van der Waals surface area contributed by atoms with Crippen LogP contribution >= 0.6 is 11.6 Å². The van der Waals surface area contributed by atoms with E-state index in [1.165, 1.54) is 42.9 Å². The molecule has 0 unspecified atom stereocenters. The van der Waals surface area contributed by atoms with Crippen LogP contribution in [0.5, 0.6) is 0 Å². The Kier molecular flexibility index (Phi) is 11.8. The van der Waals surface area contributed by atoms with E-state index in [2.05, 4.69) is 20.5 Å². The molecule has 5 rings (SSSR count). The third kappa shape index (κ3) is 9.69. The van der Waals surface area contributed by atoms with Gasteiger partial charge in [-0.25, -0.2) is 14.5 Å². The molecule has 0 radical (unpaired) electrons. The minimum atomic E-state index is -4.70. The van der Waals surface area contributed by atoms with Crippen LogP contribution in [-0.4, -0.2) is 95.8 Å². The summed E-state index contributed by atoms with van der Waals surface area (Å²) >= 11 is 6.69. The molecule has 0 bridgehead atoms. The van der Waals surface area contributed by atoms with Gasteiger partial charge >= 0.3 is 18.8 Å². The molecule has 4 aromatic rings. The molecule has 2 heterocycles. The molecule has 12 nitrogen and oxygen atoms in total. The smallest absolute Gasteiger partial charge is 0.411 e. The Morgan fingerprint density at radius 3 is 2.29 bits per heavy atom. The Morgan fingerprint density at radius 2 is 1.73 bits per heavy atom. The van der Waals surface area contributed by atoms with Gasteiger partial charge in [0.2, 0.25) is 0 Å². The Balaban J connectivity index is 1.57. The van der Waals surface area contributed by atoms with Gasteiger partial charge < -0.3 is 15.4 Å². The van der Waals surface area contributed by atoms with Crippen molar-refractivity contribution in [3.05, 3.63) is 77.3 Å². The second kappa shape index (κ2) is 15.7. The summed E-state index contributed by atoms with van der Waals surface area (Å²) in [5, 5.41) is 21.8. The number of hydrogen-bond acceptors (Lipinski definition) is 7. The molecule has 55 heavy (non-hydrogen) atoms. The van der Waals surface area contributed by atoms with Crippen molar-refractivity contribution in [1.29, 1.82) is 5.41 Å². The highest BCUT2D eigenvalue weighted by atomic mass is 35.5. The number of nitrogens with one attached hydrogen (secondary N) is 3. The molecule has 21 heteroatoms. The Morgan fingerprint density at radius 1 is 1.05 bits per heavy atom. The van der Waals surface area contributed by atoms with Crippen molar-refractivity contribution in [3.63, 3.8) is 0 Å². The first-order valence-electron chi connectivity index (χ1n) is 17.4. The molecule has 2 aromatic carbocycles. The summed E-state index contributed by atoms with van der Waals surface area (Å²) < 4.78 is 75.1. The number of guanidine groups is 1. The molecular weight excluding hydrogens is 745 g/mol. The van der Waals surface area contributed by atoms with E-state index in [0.29, 0.717) is 39.2 Å². The summed E-state index contributed by atoms with van der Waals surface area (Å²) in [5.74, 6) is -0.742. The monoisotopic (exact) mass is 785 g/mol. The molecule has 1 aliphatic rings. The highest BCUT2D eigenvalue weighted by Crippen LogP contribution is 2.49. The van der Waals surface area contributed by atoms with E-state index < -0.39 is 48.2 Å². The molecule has 1 aliphatic carbocycles. The summed E-state index contributed by atoms with van der Waals surface area (Å²) in [7, 11) is 5.73. The minimum Gasteiger partial charge on any atom is -0.447 e. The van der Waals surface area contributed by atoms with Gasteiger partial charge in [0.1, 0.15) is 42.0 Å². The third-order valence-electron chi connectivity index (χ3n) is 9.01. The van der Waals surface area contributed by atoms with Gasteiger partial charge in [0.25, 0.3) is 5.91 Å². The van der Waals surface area contributed by atoms with Crippen molar-refractivity contribution in [3.8, 4) is 22.5 Å². The number of benzene rings is 2. The lowest BCUT2D eigenvalue weighted by molar-refractivity contribution is -0.164. The van der Waals surface area contributed by atoms with Crippen molar-refractivity contribution in [2.75, 3.05) is 13.2 Å². The van der Waals surface area contributed by atoms with Crippen LogP contribution in [0.4, 0.5) is 26.7 Å². The summed E-state index contributed by atoms with van der Waals surface area (Å²) in [6.07, 6.45) is -2.31. The number of ether oxygens (including phenoxy) is 1. The van der Waals surface area contributed by atoms with Crippen molar-refractivity contribution >= 4 is 53.1 Å². The summed E-state index contributed by atoms with van der Waals surface area (Å²) in [4.78, 5) is 33.0. The van der Waals surface area contributed by atoms with Gasteiger partial charge in [0, 0.05) is 29.4 Å². The predicted octanol–water partition coefficient (Wildman–Crippen LogP) is 4.29. The number of alkyl carbamates (subject to hydrolysis) is 1. The second-order valence-electron chi connectivity index (χ2n) is 15.5. The quantitative estimate of drug-likeness (QED) is 0.0843. The zero-order chi connectivity index (χ0) is 40.5. The largest absolute Gasteiger partial charge is 0.447 e. The molecule has 290 valence electrons. The number of carbonyl (C=O) groups is 2. The Bertz CT molecular complexity index is 2030. The van der Waals surface area contributed by atoms with Crippen molar-refractivity contribution in [1.82, 2.24) is 40.1 Å². The fourth-order valence-corrected chi connectivity index (χ4v) is 5.93. The van der Waals surface area contributed by atoms with Gasteiger partial charge in [-0.05, 0) is 65.3 Å². The van der Waals surface area contributed by atoms with E-state index in [1.54, 1.807) is 16.8 Å². The number of amides is 2. The molecule has 0 spiro atoms. The van der Waals surface area contributed by atoms with Gasteiger partial charge in [0.05, 0.1) is 17.3 Å². The number of alkyl halides is 5. The second-order valence-corrected chi connectivity index (χ2v) is 16.0. The minimum absolute atomic E-state index is 0.0671. The predicted molar refractivity (Wildman–Crippen MR) is 204 cm³/mol. The molecular formula is C34H40B3ClF5N9O3. The number of aromatic nitrogens is 5. The van der Waals surface area contributed by atoms with Gasteiger partial charge in [-0.2, -0.15) is 32.1 Å². The van der Waals surface area contributed by atoms with Crippen LogP contribution in [0.25, 0.3) is 22.5 Å². The van der Waals surface area contributed by atoms with Crippen LogP contribution in [0.1, 0.15) is 68.5 Å². The lowest BCUT2D eigenvalue weighted by Crippen LogP contribution is -2.50. The average molecular weight is 786 g/mol. The van der Waals surface area contributed by atoms with Gasteiger partial charge in [-0.3, -0.25) is 19.8 Å². The van der Waals surface area contributed by atoms with Gasteiger partial charge in [0.15, 0.2) is 11.8 Å². The summed E-state index contributed by atoms with van der Waals surface area (Å²) in [6.45, 7) is 2.75. The first-order chi connectivity index (χ1) is 25.6. The lowest BCUT2D eigenvalue weighted by Gasteiger charge is -2.33. The first kappa shape index (κ1) is 41.3. The highest BCUT2D eigenvalue weighted by Gasteiger charge is 2.64. The fourth-order valence-electron chi connectivity index (χ4n) is 5.73. The van der Waals surface area contributed by atoms with Crippen molar-refractivity contribution in [2.45, 2.75) is 69.6 Å². The Hall–Kier alpha value is -4.87. The fraction of sp³-hybridized carbons (Fsp3) is 0.412. The topological polar surface area (TPSA) is 143 Å². The van der Waals surface area contributed by atoms with Crippen molar-refractivity contribution < 1.29 is 36.3 Å². The van der Waals surface area contributed by atoms with Crippen LogP contribution in [-0.2, 0) is 9.97 Å². The van der Waals surface area contributed by atoms with Gasteiger partial charge in [-0.15, -0.1) is 0 Å². The number of hydrogen-bond donors (Lipinski definition) is 3. The summed E-state index contributed by atoms with van der Waals surface area (Å²) in [6, 6.07) is 9.34. The van der Waals surface area contributed by atoms with Crippen LogP contribution in [0.2, 0.25) is 5.02 Å². The molecule has 1 saturated carbocycles. The molecule has 0 aliphatic heterocycles. The van der Waals surface area contributed by atoms with Crippen LogP contribution in [0, 0.1) is 10.8 Å². The van der Waals surface area contributed by atoms with E-state index in [0.717, 1.165) is 11.1 Å². The number of rotatable bonds is 12. The molecule has 0 saturated heterocycles. The van der Waals surface area contributed by atoms with Crippen LogP contribution < -0.4 is 10.6 Å². The van der Waals surface area contributed by atoms with E-state index in [9.17, 15) is 31.5 Å². The maximum Gasteiger partial charge on any atom is 0.411 e. The Labute approximate surface area is 322 Å². The van der Waals surface area contributed by atoms with Crippen molar-refractivity contribution in [2.24, 2.45) is 5.41 Å². The average Bonchev–Trinajstić information content (AvgIpc) is 3.47. The third-order valence-corrected chi connectivity index (χ3v) is 9.34.